The normalized spacial score (nSPS) is 11.1. The predicted octanol–water partition coefficient (Wildman–Crippen LogP) is 4.03. The van der Waals surface area contributed by atoms with Crippen LogP contribution in [0.25, 0.3) is 22.2 Å². The van der Waals surface area contributed by atoms with Crippen molar-refractivity contribution in [2.24, 2.45) is 7.05 Å². The molecule has 2 aromatic carbocycles. The minimum absolute atomic E-state index is 0.206. The van der Waals surface area contributed by atoms with E-state index in [0.717, 1.165) is 27.2 Å². The summed E-state index contributed by atoms with van der Waals surface area (Å²) in [6, 6.07) is 15.6. The lowest BCUT2D eigenvalue weighted by Gasteiger charge is -2.07. The first-order chi connectivity index (χ1) is 12.2. The van der Waals surface area contributed by atoms with Crippen molar-refractivity contribution < 1.29 is 5.11 Å². The number of aromatic nitrogens is 4. The molecule has 25 heavy (non-hydrogen) atoms. The number of phenols is 1. The third-order valence-electron chi connectivity index (χ3n) is 4.03. The Bertz CT molecular complexity index is 1030. The monoisotopic (exact) mass is 348 g/mol. The number of hydrogen-bond acceptors (Lipinski definition) is 5. The van der Waals surface area contributed by atoms with Crippen molar-refractivity contribution in [1.82, 2.24) is 19.7 Å². The van der Waals surface area contributed by atoms with E-state index in [2.05, 4.69) is 15.2 Å². The predicted molar refractivity (Wildman–Crippen MR) is 99.4 cm³/mol. The van der Waals surface area contributed by atoms with Crippen LogP contribution in [0.1, 0.15) is 5.56 Å². The molecule has 0 unspecified atom stereocenters. The molecule has 0 bridgehead atoms. The molecule has 124 valence electrons. The summed E-state index contributed by atoms with van der Waals surface area (Å²) in [4.78, 5) is 4.12. The molecule has 0 aliphatic carbocycles. The molecule has 0 aliphatic heterocycles. The SMILES string of the molecule is Cn1c(SCc2cccnc2)nnc1-c1cc2ccccc2cc1O. The van der Waals surface area contributed by atoms with Gasteiger partial charge in [-0.15, -0.1) is 10.2 Å². The van der Waals surface area contributed by atoms with Crippen LogP contribution in [0.15, 0.2) is 66.1 Å². The van der Waals surface area contributed by atoms with Crippen LogP contribution in [-0.4, -0.2) is 24.9 Å². The van der Waals surface area contributed by atoms with Crippen LogP contribution in [0.4, 0.5) is 0 Å². The average molecular weight is 348 g/mol. The standard InChI is InChI=1S/C19H16N4OS/c1-23-18(16-9-14-6-2-3-7-15(14)10-17(16)24)21-22-19(23)25-12-13-5-4-8-20-11-13/h2-11,24H,12H2,1H3. The molecule has 4 rings (SSSR count). The Hall–Kier alpha value is -2.86. The van der Waals surface area contributed by atoms with Crippen LogP contribution in [0.2, 0.25) is 0 Å². The van der Waals surface area contributed by atoms with Crippen LogP contribution in [-0.2, 0) is 12.8 Å². The van der Waals surface area contributed by atoms with E-state index in [4.69, 9.17) is 0 Å². The number of rotatable bonds is 4. The molecule has 5 nitrogen and oxygen atoms in total. The maximum Gasteiger partial charge on any atom is 0.191 e. The zero-order valence-corrected chi connectivity index (χ0v) is 14.4. The van der Waals surface area contributed by atoms with Crippen molar-refractivity contribution in [1.29, 1.82) is 0 Å². The molecule has 2 heterocycles. The van der Waals surface area contributed by atoms with Crippen molar-refractivity contribution >= 4 is 22.5 Å². The molecule has 0 spiro atoms. The minimum atomic E-state index is 0.206. The fourth-order valence-corrected chi connectivity index (χ4v) is 3.56. The van der Waals surface area contributed by atoms with Gasteiger partial charge in [-0.2, -0.15) is 0 Å². The molecule has 4 aromatic rings. The van der Waals surface area contributed by atoms with Gasteiger partial charge in [-0.3, -0.25) is 4.98 Å². The van der Waals surface area contributed by atoms with Gasteiger partial charge in [0.25, 0.3) is 0 Å². The molecule has 2 aromatic heterocycles. The molecule has 0 aliphatic rings. The summed E-state index contributed by atoms with van der Waals surface area (Å²) in [6.07, 6.45) is 3.61. The molecule has 0 radical (unpaired) electrons. The van der Waals surface area contributed by atoms with Crippen LogP contribution < -0.4 is 0 Å². The number of nitrogens with zero attached hydrogens (tertiary/aromatic N) is 4. The van der Waals surface area contributed by atoms with Gasteiger partial charge in [-0.1, -0.05) is 42.1 Å². The highest BCUT2D eigenvalue weighted by molar-refractivity contribution is 7.98. The lowest BCUT2D eigenvalue weighted by molar-refractivity contribution is 0.477. The Morgan fingerprint density at radius 2 is 1.84 bits per heavy atom. The van der Waals surface area contributed by atoms with Crippen LogP contribution >= 0.6 is 11.8 Å². The van der Waals surface area contributed by atoms with Crippen molar-refractivity contribution in [3.8, 4) is 17.1 Å². The van der Waals surface area contributed by atoms with Crippen molar-refractivity contribution in [2.75, 3.05) is 0 Å². The fraction of sp³-hybridized carbons (Fsp3) is 0.105. The molecular weight excluding hydrogens is 332 g/mol. The number of fused-ring (bicyclic) bond motifs is 1. The van der Waals surface area contributed by atoms with E-state index in [-0.39, 0.29) is 5.75 Å². The maximum absolute atomic E-state index is 10.4. The van der Waals surface area contributed by atoms with E-state index in [1.807, 2.05) is 60.3 Å². The van der Waals surface area contributed by atoms with Crippen molar-refractivity contribution in [3.63, 3.8) is 0 Å². The second-order valence-corrected chi connectivity index (χ2v) is 6.67. The number of benzene rings is 2. The third-order valence-corrected chi connectivity index (χ3v) is 5.12. The Labute approximate surface area is 149 Å². The van der Waals surface area contributed by atoms with Gasteiger partial charge < -0.3 is 9.67 Å². The third kappa shape index (κ3) is 3.08. The van der Waals surface area contributed by atoms with Gasteiger partial charge in [0, 0.05) is 25.2 Å². The molecular formula is C19H16N4OS. The van der Waals surface area contributed by atoms with Gasteiger partial charge in [0.15, 0.2) is 11.0 Å². The zero-order valence-electron chi connectivity index (χ0n) is 13.6. The highest BCUT2D eigenvalue weighted by Gasteiger charge is 2.15. The van der Waals surface area contributed by atoms with Gasteiger partial charge >= 0.3 is 0 Å². The van der Waals surface area contributed by atoms with E-state index in [1.165, 1.54) is 0 Å². The topological polar surface area (TPSA) is 63.8 Å². The zero-order chi connectivity index (χ0) is 17.2. The highest BCUT2D eigenvalue weighted by atomic mass is 32.2. The summed E-state index contributed by atoms with van der Waals surface area (Å²) in [5.74, 6) is 1.62. The molecule has 0 atom stereocenters. The van der Waals surface area contributed by atoms with E-state index < -0.39 is 0 Å². The maximum atomic E-state index is 10.4. The Balaban J connectivity index is 1.66. The van der Waals surface area contributed by atoms with Crippen LogP contribution in [0.3, 0.4) is 0 Å². The van der Waals surface area contributed by atoms with Crippen LogP contribution in [0, 0.1) is 0 Å². The summed E-state index contributed by atoms with van der Waals surface area (Å²) in [5, 5.41) is 21.8. The molecule has 0 fully saturated rings. The summed E-state index contributed by atoms with van der Waals surface area (Å²) in [5.41, 5.74) is 1.81. The molecule has 6 heteroatoms. The molecule has 0 amide bonds. The van der Waals surface area contributed by atoms with Gasteiger partial charge in [0.2, 0.25) is 0 Å². The summed E-state index contributed by atoms with van der Waals surface area (Å²) in [7, 11) is 1.91. The summed E-state index contributed by atoms with van der Waals surface area (Å²) >= 11 is 1.59. The smallest absolute Gasteiger partial charge is 0.191 e. The van der Waals surface area contributed by atoms with E-state index in [0.29, 0.717) is 11.4 Å². The fourth-order valence-electron chi connectivity index (χ4n) is 2.71. The van der Waals surface area contributed by atoms with E-state index in [1.54, 1.807) is 24.0 Å². The number of hydrogen-bond donors (Lipinski definition) is 1. The van der Waals surface area contributed by atoms with Crippen molar-refractivity contribution in [2.45, 2.75) is 10.9 Å². The van der Waals surface area contributed by atoms with Gasteiger partial charge in [-0.05, 0) is 34.5 Å². The first kappa shape index (κ1) is 15.7. The van der Waals surface area contributed by atoms with Gasteiger partial charge in [0.1, 0.15) is 5.75 Å². The number of pyridine rings is 1. The number of aromatic hydroxyl groups is 1. The van der Waals surface area contributed by atoms with Crippen molar-refractivity contribution in [3.05, 3.63) is 66.5 Å². The lowest BCUT2D eigenvalue weighted by Crippen LogP contribution is -1.95. The molecule has 0 saturated heterocycles. The largest absolute Gasteiger partial charge is 0.507 e. The van der Waals surface area contributed by atoms with E-state index in [9.17, 15) is 5.11 Å². The van der Waals surface area contributed by atoms with Crippen LogP contribution in [0.5, 0.6) is 5.75 Å². The van der Waals surface area contributed by atoms with E-state index >= 15 is 0 Å². The summed E-state index contributed by atoms with van der Waals surface area (Å²) < 4.78 is 1.91. The number of thioether (sulfide) groups is 1. The Morgan fingerprint density at radius 1 is 1.04 bits per heavy atom. The van der Waals surface area contributed by atoms with Gasteiger partial charge in [-0.25, -0.2) is 0 Å². The summed E-state index contributed by atoms with van der Waals surface area (Å²) in [6.45, 7) is 0. The Morgan fingerprint density at radius 3 is 2.60 bits per heavy atom. The quantitative estimate of drug-likeness (QED) is 0.564. The first-order valence-electron chi connectivity index (χ1n) is 7.85. The van der Waals surface area contributed by atoms with Gasteiger partial charge in [0.05, 0.1) is 5.56 Å². The number of phenolic OH excluding ortho intramolecular Hbond substituents is 1. The molecule has 1 N–H and O–H groups in total. The average Bonchev–Trinajstić information content (AvgIpc) is 3.01. The lowest BCUT2D eigenvalue weighted by atomic mass is 10.1. The highest BCUT2D eigenvalue weighted by Crippen LogP contribution is 2.33. The Kier molecular flexibility index (Phi) is 4.11. The second kappa shape index (κ2) is 6.57. The minimum Gasteiger partial charge on any atom is -0.507 e. The second-order valence-electron chi connectivity index (χ2n) is 5.73. The molecule has 0 saturated carbocycles. The first-order valence-corrected chi connectivity index (χ1v) is 8.84.